The molecule has 1 aromatic heterocycles. The average Bonchev–Trinajstić information content (AvgIpc) is 3.55. The molecule has 14 heteroatoms. The van der Waals surface area contributed by atoms with Crippen molar-refractivity contribution in [1.29, 1.82) is 0 Å². The van der Waals surface area contributed by atoms with Crippen LogP contribution in [0.4, 0.5) is 4.39 Å². The lowest BCUT2D eigenvalue weighted by Crippen LogP contribution is -2.62. The Bertz CT molecular complexity index is 1320. The van der Waals surface area contributed by atoms with Gasteiger partial charge in [-0.25, -0.2) is 17.8 Å². The number of carbonyl (C=O) groups excluding carboxylic acids is 3. The van der Waals surface area contributed by atoms with Crippen molar-refractivity contribution < 1.29 is 36.7 Å². The molecule has 202 valence electrons. The van der Waals surface area contributed by atoms with Gasteiger partial charge in [0.15, 0.2) is 15.1 Å². The third-order valence-electron chi connectivity index (χ3n) is 6.31. The molecule has 0 bridgehead atoms. The Morgan fingerprint density at radius 2 is 1.97 bits per heavy atom. The van der Waals surface area contributed by atoms with E-state index in [0.29, 0.717) is 13.1 Å². The van der Waals surface area contributed by atoms with Gasteiger partial charge in [0.1, 0.15) is 16.4 Å². The van der Waals surface area contributed by atoms with Crippen LogP contribution in [0.15, 0.2) is 12.1 Å². The predicted molar refractivity (Wildman–Crippen MR) is 133 cm³/mol. The molecule has 1 aliphatic heterocycles. The summed E-state index contributed by atoms with van der Waals surface area (Å²) in [4.78, 5) is 43.6. The summed E-state index contributed by atoms with van der Waals surface area (Å²) in [7, 11) is -1.24. The van der Waals surface area contributed by atoms with Crippen molar-refractivity contribution in [3.05, 3.63) is 28.5 Å². The maximum absolute atomic E-state index is 14.9. The number of nitrogens with one attached hydrogen (secondary N) is 2. The van der Waals surface area contributed by atoms with Gasteiger partial charge in [0.25, 0.3) is 5.91 Å². The van der Waals surface area contributed by atoms with Gasteiger partial charge in [0.05, 0.1) is 47.8 Å². The van der Waals surface area contributed by atoms with E-state index in [1.165, 1.54) is 25.2 Å². The highest BCUT2D eigenvalue weighted by Gasteiger charge is 2.42. The number of ether oxygens (including phenoxy) is 2. The monoisotopic (exact) mass is 556 g/mol. The number of amides is 3. The van der Waals surface area contributed by atoms with Crippen LogP contribution in [0, 0.1) is 5.82 Å². The van der Waals surface area contributed by atoms with Crippen molar-refractivity contribution in [1.82, 2.24) is 20.5 Å². The maximum Gasteiger partial charge on any atom is 0.257 e. The molecule has 2 aromatic rings. The largest absolute Gasteiger partial charge is 0.384 e. The van der Waals surface area contributed by atoms with Crippen molar-refractivity contribution >= 4 is 49.1 Å². The van der Waals surface area contributed by atoms with E-state index in [-0.39, 0.29) is 40.0 Å². The Hall–Kier alpha value is -2.68. The number of rotatable bonds is 11. The molecule has 2 heterocycles. The number of likely N-dealkylation sites (tertiary alicyclic amines) is 1. The van der Waals surface area contributed by atoms with Gasteiger partial charge in [-0.3, -0.25) is 14.4 Å². The molecule has 0 spiro atoms. The highest BCUT2D eigenvalue weighted by atomic mass is 32.2. The van der Waals surface area contributed by atoms with Crippen LogP contribution in [0.25, 0.3) is 10.2 Å². The van der Waals surface area contributed by atoms with Crippen LogP contribution >= 0.6 is 11.3 Å². The van der Waals surface area contributed by atoms with E-state index in [2.05, 4.69) is 15.6 Å². The number of sulfone groups is 1. The summed E-state index contributed by atoms with van der Waals surface area (Å²) in [6.45, 7) is 1.91. The topological polar surface area (TPSA) is 144 Å². The molecule has 1 aliphatic carbocycles. The SMILES string of the molecule is COCCS(=O)(=O)C(C(=O)NCC(=O)NC1CC1)c1nc2cc(C(=O)N3CC(C)(OC)C3)c(F)cc2s1. The highest BCUT2D eigenvalue weighted by molar-refractivity contribution is 7.92. The van der Waals surface area contributed by atoms with E-state index in [9.17, 15) is 27.2 Å². The lowest BCUT2D eigenvalue weighted by Gasteiger charge is -2.46. The lowest BCUT2D eigenvalue weighted by atomic mass is 9.95. The van der Waals surface area contributed by atoms with Gasteiger partial charge in [-0.05, 0) is 31.9 Å². The number of methoxy groups -OCH3 is 2. The average molecular weight is 557 g/mol. The molecule has 2 N–H and O–H groups in total. The summed E-state index contributed by atoms with van der Waals surface area (Å²) >= 11 is 0.838. The normalized spacial score (nSPS) is 17.8. The second-order valence-corrected chi connectivity index (χ2v) is 12.7. The fourth-order valence-corrected chi connectivity index (χ4v) is 6.90. The van der Waals surface area contributed by atoms with E-state index in [1.54, 1.807) is 0 Å². The van der Waals surface area contributed by atoms with Gasteiger partial charge in [-0.2, -0.15) is 0 Å². The zero-order chi connectivity index (χ0) is 27.0. The number of hydrogen-bond acceptors (Lipinski definition) is 9. The number of nitrogens with zero attached hydrogens (tertiary/aromatic N) is 2. The molecule has 1 saturated heterocycles. The van der Waals surface area contributed by atoms with E-state index in [0.717, 1.165) is 30.2 Å². The van der Waals surface area contributed by atoms with Crippen LogP contribution in [-0.2, 0) is 28.9 Å². The maximum atomic E-state index is 14.9. The quantitative estimate of drug-likeness (QED) is 0.414. The number of halogens is 1. The zero-order valence-corrected chi connectivity index (χ0v) is 22.3. The molecule has 1 aromatic carbocycles. The van der Waals surface area contributed by atoms with Crippen molar-refractivity contribution in [3.8, 4) is 0 Å². The van der Waals surface area contributed by atoms with E-state index in [4.69, 9.17) is 9.47 Å². The second kappa shape index (κ2) is 10.6. The van der Waals surface area contributed by atoms with Crippen LogP contribution < -0.4 is 10.6 Å². The summed E-state index contributed by atoms with van der Waals surface area (Å²) in [5.74, 6) is -3.12. The first-order valence-electron chi connectivity index (χ1n) is 11.7. The fraction of sp³-hybridized carbons (Fsp3) is 0.565. The molecule has 2 fully saturated rings. The third-order valence-corrected chi connectivity index (χ3v) is 9.44. The minimum atomic E-state index is -4.11. The van der Waals surface area contributed by atoms with Crippen LogP contribution in [-0.4, -0.2) is 93.9 Å². The van der Waals surface area contributed by atoms with Gasteiger partial charge in [-0.1, -0.05) is 0 Å². The lowest BCUT2D eigenvalue weighted by molar-refractivity contribution is -0.126. The first-order chi connectivity index (χ1) is 17.5. The second-order valence-electron chi connectivity index (χ2n) is 9.47. The molecule has 0 radical (unpaired) electrons. The summed E-state index contributed by atoms with van der Waals surface area (Å²) in [5.41, 5.74) is -0.509. The molecule has 2 aliphatic rings. The Morgan fingerprint density at radius 3 is 2.59 bits per heavy atom. The van der Waals surface area contributed by atoms with Gasteiger partial charge < -0.3 is 25.0 Å². The van der Waals surface area contributed by atoms with E-state index >= 15 is 0 Å². The smallest absolute Gasteiger partial charge is 0.257 e. The molecular formula is C23H29FN4O7S2. The fourth-order valence-electron chi connectivity index (χ4n) is 3.96. The summed E-state index contributed by atoms with van der Waals surface area (Å²) < 4.78 is 51.6. The Kier molecular flexibility index (Phi) is 7.83. The Labute approximate surface area is 217 Å². The summed E-state index contributed by atoms with van der Waals surface area (Å²) in [6.07, 6.45) is 1.73. The van der Waals surface area contributed by atoms with Crippen molar-refractivity contribution in [2.75, 3.05) is 46.2 Å². The molecule has 37 heavy (non-hydrogen) atoms. The first kappa shape index (κ1) is 27.4. The molecular weight excluding hydrogens is 527 g/mol. The molecule has 1 atom stereocenters. The third kappa shape index (κ3) is 6.08. The zero-order valence-electron chi connectivity index (χ0n) is 20.7. The molecule has 1 saturated carbocycles. The molecule has 4 rings (SSSR count). The van der Waals surface area contributed by atoms with Crippen molar-refractivity contribution in [2.45, 2.75) is 36.7 Å². The van der Waals surface area contributed by atoms with Crippen LogP contribution in [0.2, 0.25) is 0 Å². The predicted octanol–water partition coefficient (Wildman–Crippen LogP) is 0.793. The van der Waals surface area contributed by atoms with Gasteiger partial charge in [-0.15, -0.1) is 11.3 Å². The number of benzene rings is 1. The minimum Gasteiger partial charge on any atom is -0.384 e. The minimum absolute atomic E-state index is 0.0844. The summed E-state index contributed by atoms with van der Waals surface area (Å²) in [6, 6.07) is 2.45. The van der Waals surface area contributed by atoms with Crippen molar-refractivity contribution in [3.63, 3.8) is 0 Å². The van der Waals surface area contributed by atoms with Crippen LogP contribution in [0.3, 0.4) is 0 Å². The van der Waals surface area contributed by atoms with E-state index < -0.39 is 50.0 Å². The molecule has 11 nitrogen and oxygen atoms in total. The number of aromatic nitrogens is 1. The number of hydrogen-bond donors (Lipinski definition) is 2. The van der Waals surface area contributed by atoms with Crippen molar-refractivity contribution in [2.24, 2.45) is 0 Å². The Balaban J connectivity index is 1.60. The first-order valence-corrected chi connectivity index (χ1v) is 14.2. The standard InChI is InChI=1S/C23H29FN4O7S2/c1-23(35-3)11-28(12-23)22(31)14-8-16-17(9-15(14)24)36-21(27-16)19(37(32,33)7-6-34-2)20(30)25-10-18(29)26-13-4-5-13/h8-9,13,19H,4-7,10-12H2,1-3H3,(H,25,30)(H,26,29). The van der Waals surface area contributed by atoms with Gasteiger partial charge >= 0.3 is 0 Å². The van der Waals surface area contributed by atoms with Gasteiger partial charge in [0.2, 0.25) is 11.8 Å². The molecule has 3 amide bonds. The number of thiazole rings is 1. The number of fused-ring (bicyclic) bond motifs is 1. The van der Waals surface area contributed by atoms with E-state index in [1.807, 2.05) is 6.92 Å². The van der Waals surface area contributed by atoms with Crippen LogP contribution in [0.5, 0.6) is 0 Å². The summed E-state index contributed by atoms with van der Waals surface area (Å²) in [5, 5.41) is 3.27. The Morgan fingerprint density at radius 1 is 1.27 bits per heavy atom. The number of carbonyl (C=O) groups is 3. The van der Waals surface area contributed by atoms with Crippen LogP contribution in [0.1, 0.15) is 40.4 Å². The molecule has 1 unspecified atom stereocenters. The highest BCUT2D eigenvalue weighted by Crippen LogP contribution is 2.34. The van der Waals surface area contributed by atoms with Gasteiger partial charge in [0, 0.05) is 20.3 Å².